The summed E-state index contributed by atoms with van der Waals surface area (Å²) in [6.07, 6.45) is 3.01. The monoisotopic (exact) mass is 345 g/mol. The fourth-order valence-electron chi connectivity index (χ4n) is 2.72. The van der Waals surface area contributed by atoms with Crippen LogP contribution >= 0.6 is 0 Å². The lowest BCUT2D eigenvalue weighted by Crippen LogP contribution is -2.41. The summed E-state index contributed by atoms with van der Waals surface area (Å²) in [5.74, 6) is 0. The van der Waals surface area contributed by atoms with Gasteiger partial charge >= 0.3 is 7.12 Å². The van der Waals surface area contributed by atoms with Gasteiger partial charge in [-0.3, -0.25) is 4.99 Å². The topological polar surface area (TPSA) is 60.1 Å². The van der Waals surface area contributed by atoms with Crippen LogP contribution in [0.2, 0.25) is 0 Å². The Morgan fingerprint density at radius 3 is 2.40 bits per heavy atom. The Kier molecular flexibility index (Phi) is 6.30. The zero-order valence-electron chi connectivity index (χ0n) is 16.5. The van der Waals surface area contributed by atoms with E-state index >= 15 is 0 Å². The van der Waals surface area contributed by atoms with Gasteiger partial charge < -0.3 is 19.9 Å². The van der Waals surface area contributed by atoms with Crippen LogP contribution in [-0.4, -0.2) is 56.1 Å². The number of anilines is 1. The second kappa shape index (κ2) is 7.89. The van der Waals surface area contributed by atoms with Crippen molar-refractivity contribution in [3.05, 3.63) is 23.8 Å². The third kappa shape index (κ3) is 4.84. The van der Waals surface area contributed by atoms with Gasteiger partial charge in [0.2, 0.25) is 0 Å². The molecule has 0 saturated carbocycles. The fraction of sp³-hybridized carbons (Fsp3) is 0.632. The number of nitrogens with zero attached hydrogens (tertiary/aromatic N) is 2. The third-order valence-electron chi connectivity index (χ3n) is 5.08. The molecule has 0 amide bonds. The van der Waals surface area contributed by atoms with Crippen LogP contribution in [0.3, 0.4) is 0 Å². The number of rotatable bonds is 7. The third-order valence-corrected chi connectivity index (χ3v) is 5.08. The molecule has 0 radical (unpaired) electrons. The van der Waals surface area contributed by atoms with Gasteiger partial charge in [0.1, 0.15) is 0 Å². The summed E-state index contributed by atoms with van der Waals surface area (Å²) in [5, 5.41) is 0. The molecule has 0 atom stereocenters. The van der Waals surface area contributed by atoms with Gasteiger partial charge in [-0.15, -0.1) is 0 Å². The quantitative estimate of drug-likeness (QED) is 0.468. The van der Waals surface area contributed by atoms with Crippen LogP contribution < -0.4 is 11.2 Å². The second-order valence-electron chi connectivity index (χ2n) is 7.82. The van der Waals surface area contributed by atoms with E-state index in [4.69, 9.17) is 15.0 Å². The first-order chi connectivity index (χ1) is 11.7. The van der Waals surface area contributed by atoms with E-state index in [1.807, 2.05) is 24.4 Å². The summed E-state index contributed by atoms with van der Waals surface area (Å²) in [7, 11) is 1.74. The van der Waals surface area contributed by atoms with Crippen LogP contribution in [-0.2, 0) is 9.31 Å². The number of aliphatic imine (C=N–C) groups is 1. The van der Waals surface area contributed by atoms with Crippen molar-refractivity contribution >= 4 is 24.5 Å². The lowest BCUT2D eigenvalue weighted by atomic mass is 9.78. The lowest BCUT2D eigenvalue weighted by Gasteiger charge is -2.32. The van der Waals surface area contributed by atoms with Crippen LogP contribution in [0.4, 0.5) is 5.69 Å². The van der Waals surface area contributed by atoms with E-state index < -0.39 is 0 Å². The summed E-state index contributed by atoms with van der Waals surface area (Å²) in [6.45, 7) is 13.2. The van der Waals surface area contributed by atoms with E-state index in [1.165, 1.54) is 0 Å². The molecule has 1 aromatic carbocycles. The maximum atomic E-state index is 6.11. The minimum atomic E-state index is -0.381. The van der Waals surface area contributed by atoms with Crippen molar-refractivity contribution in [2.24, 2.45) is 4.99 Å². The molecule has 1 heterocycles. The highest BCUT2D eigenvalue weighted by atomic mass is 16.7. The van der Waals surface area contributed by atoms with Crippen molar-refractivity contribution in [3.8, 4) is 0 Å². The summed E-state index contributed by atoms with van der Waals surface area (Å²) in [5.41, 5.74) is 7.99. The number of benzene rings is 1. The van der Waals surface area contributed by atoms with E-state index in [9.17, 15) is 0 Å². The van der Waals surface area contributed by atoms with Gasteiger partial charge in [-0.05, 0) is 59.2 Å². The molecule has 2 N–H and O–H groups in total. The highest BCUT2D eigenvalue weighted by Gasteiger charge is 2.51. The Morgan fingerprint density at radius 1 is 1.16 bits per heavy atom. The molecular formula is C19H32BN3O2. The number of likely N-dealkylation sites (N-methyl/N-ethyl adjacent to an activating group) is 1. The highest BCUT2D eigenvalue weighted by molar-refractivity contribution is 6.62. The minimum absolute atomic E-state index is 0.350. The van der Waals surface area contributed by atoms with E-state index in [2.05, 4.69) is 51.6 Å². The molecule has 0 bridgehead atoms. The van der Waals surface area contributed by atoms with Crippen LogP contribution in [0.1, 0.15) is 46.6 Å². The molecule has 0 aromatic heterocycles. The molecule has 0 unspecified atom stereocenters. The highest BCUT2D eigenvalue weighted by Crippen LogP contribution is 2.36. The molecular weight excluding hydrogens is 313 g/mol. The number of hydrogen-bond donors (Lipinski definition) is 1. The van der Waals surface area contributed by atoms with Crippen molar-refractivity contribution in [2.75, 3.05) is 32.4 Å². The zero-order valence-corrected chi connectivity index (χ0v) is 16.5. The van der Waals surface area contributed by atoms with Gasteiger partial charge in [-0.1, -0.05) is 19.1 Å². The molecule has 1 fully saturated rings. The summed E-state index contributed by atoms with van der Waals surface area (Å²) >= 11 is 0. The van der Waals surface area contributed by atoms with Gasteiger partial charge in [-0.2, -0.15) is 0 Å². The van der Waals surface area contributed by atoms with Gasteiger partial charge in [0, 0.05) is 24.0 Å². The molecule has 138 valence electrons. The smallest absolute Gasteiger partial charge is 0.399 e. The molecule has 1 aliphatic rings. The largest absolute Gasteiger partial charge is 0.494 e. The molecule has 5 nitrogen and oxygen atoms in total. The molecule has 1 aliphatic heterocycles. The molecule has 0 aliphatic carbocycles. The van der Waals surface area contributed by atoms with Crippen molar-refractivity contribution < 1.29 is 9.31 Å². The van der Waals surface area contributed by atoms with E-state index in [0.717, 1.165) is 37.1 Å². The minimum Gasteiger partial charge on any atom is -0.399 e. The SMILES string of the molecule is CCCN(C)CCN=Cc1cc(B2OC(C)(C)C(C)(C)O2)ccc1N. The molecule has 6 heteroatoms. The average Bonchev–Trinajstić information content (AvgIpc) is 2.74. The predicted molar refractivity (Wildman–Crippen MR) is 107 cm³/mol. The van der Waals surface area contributed by atoms with E-state index in [0.29, 0.717) is 5.69 Å². The van der Waals surface area contributed by atoms with E-state index in [1.54, 1.807) is 0 Å². The first-order valence-electron chi connectivity index (χ1n) is 9.09. The Hall–Kier alpha value is -1.37. The van der Waals surface area contributed by atoms with Gasteiger partial charge in [0.25, 0.3) is 0 Å². The van der Waals surface area contributed by atoms with Gasteiger partial charge in [-0.25, -0.2) is 0 Å². The van der Waals surface area contributed by atoms with Crippen molar-refractivity contribution in [1.82, 2.24) is 4.90 Å². The normalized spacial score (nSPS) is 19.2. The summed E-state index contributed by atoms with van der Waals surface area (Å²) in [6, 6.07) is 5.87. The van der Waals surface area contributed by atoms with Crippen molar-refractivity contribution in [1.29, 1.82) is 0 Å². The van der Waals surface area contributed by atoms with E-state index in [-0.39, 0.29) is 18.3 Å². The Labute approximate surface area is 152 Å². The Morgan fingerprint density at radius 2 is 1.80 bits per heavy atom. The maximum absolute atomic E-state index is 6.11. The molecule has 1 saturated heterocycles. The van der Waals surface area contributed by atoms with Crippen molar-refractivity contribution in [2.45, 2.75) is 52.2 Å². The van der Waals surface area contributed by atoms with Crippen LogP contribution in [0, 0.1) is 0 Å². The molecule has 1 aromatic rings. The summed E-state index contributed by atoms with van der Waals surface area (Å²) < 4.78 is 12.2. The van der Waals surface area contributed by atoms with Crippen LogP contribution in [0.15, 0.2) is 23.2 Å². The fourth-order valence-corrected chi connectivity index (χ4v) is 2.72. The molecule has 25 heavy (non-hydrogen) atoms. The average molecular weight is 345 g/mol. The first-order valence-corrected chi connectivity index (χ1v) is 9.09. The van der Waals surface area contributed by atoms with Crippen LogP contribution in [0.25, 0.3) is 0 Å². The maximum Gasteiger partial charge on any atom is 0.494 e. The molecule has 2 rings (SSSR count). The lowest BCUT2D eigenvalue weighted by molar-refractivity contribution is 0.00578. The summed E-state index contributed by atoms with van der Waals surface area (Å²) in [4.78, 5) is 6.80. The predicted octanol–water partition coefficient (Wildman–Crippen LogP) is 2.33. The Bertz CT molecular complexity index is 601. The van der Waals surface area contributed by atoms with Crippen LogP contribution in [0.5, 0.6) is 0 Å². The number of nitrogens with two attached hydrogens (primary N) is 1. The standard InChI is InChI=1S/C19H32BN3O2/c1-7-11-23(6)12-10-22-14-15-13-16(8-9-17(15)21)20-24-18(2,3)19(4,5)25-20/h8-9,13-14H,7,10-12,21H2,1-6H3. The number of nitrogen functional groups attached to an aromatic ring is 1. The molecule has 0 spiro atoms. The second-order valence-corrected chi connectivity index (χ2v) is 7.82. The van der Waals surface area contributed by atoms with Crippen molar-refractivity contribution in [3.63, 3.8) is 0 Å². The van der Waals surface area contributed by atoms with Gasteiger partial charge in [0.15, 0.2) is 0 Å². The van der Waals surface area contributed by atoms with Gasteiger partial charge in [0.05, 0.1) is 17.7 Å². The Balaban J connectivity index is 2.06. The number of hydrogen-bond acceptors (Lipinski definition) is 5. The zero-order chi connectivity index (χ0) is 18.7. The first kappa shape index (κ1) is 20.0.